The molecular formula is C14H18ClN5S. The first-order chi connectivity index (χ1) is 10.0. The Balaban J connectivity index is 1.88. The molecule has 0 radical (unpaired) electrons. The Labute approximate surface area is 133 Å². The highest BCUT2D eigenvalue weighted by Crippen LogP contribution is 2.38. The van der Waals surface area contributed by atoms with Crippen molar-refractivity contribution in [2.45, 2.75) is 19.3 Å². The molecule has 7 heteroatoms. The number of likely N-dealkylation sites (tertiary alicyclic amines) is 1. The summed E-state index contributed by atoms with van der Waals surface area (Å²) in [5, 5.41) is 1.68. The van der Waals surface area contributed by atoms with Gasteiger partial charge >= 0.3 is 0 Å². The first-order valence-corrected chi connectivity index (χ1v) is 8.16. The molecule has 5 nitrogen and oxygen atoms in total. The fourth-order valence-corrected chi connectivity index (χ4v) is 4.28. The zero-order valence-corrected chi connectivity index (χ0v) is 13.7. The second-order valence-corrected chi connectivity index (χ2v) is 7.09. The average molecular weight is 324 g/mol. The highest BCUT2D eigenvalue weighted by atomic mass is 35.5. The van der Waals surface area contributed by atoms with Crippen molar-refractivity contribution >= 4 is 28.9 Å². The zero-order chi connectivity index (χ0) is 15.0. The van der Waals surface area contributed by atoms with Crippen LogP contribution >= 0.6 is 22.9 Å². The highest BCUT2D eigenvalue weighted by Gasteiger charge is 2.28. The van der Waals surface area contributed by atoms with Gasteiger partial charge in [-0.05, 0) is 25.9 Å². The van der Waals surface area contributed by atoms with E-state index in [1.807, 2.05) is 6.20 Å². The van der Waals surface area contributed by atoms with Gasteiger partial charge in [0.25, 0.3) is 0 Å². The first-order valence-electron chi connectivity index (χ1n) is 6.97. The van der Waals surface area contributed by atoms with E-state index in [2.05, 4.69) is 33.8 Å². The zero-order valence-electron chi connectivity index (χ0n) is 12.1. The van der Waals surface area contributed by atoms with Crippen LogP contribution in [0.5, 0.6) is 0 Å². The average Bonchev–Trinajstić information content (AvgIpc) is 2.91. The number of hydrogen-bond donors (Lipinski definition) is 1. The van der Waals surface area contributed by atoms with Gasteiger partial charge in [-0.2, -0.15) is 0 Å². The summed E-state index contributed by atoms with van der Waals surface area (Å²) in [5.74, 6) is 1.35. The van der Waals surface area contributed by atoms with Crippen LogP contribution in [0, 0.1) is 5.92 Å². The van der Waals surface area contributed by atoms with Crippen molar-refractivity contribution in [2.24, 2.45) is 5.92 Å². The molecule has 0 saturated carbocycles. The minimum atomic E-state index is 0.233. The molecule has 3 rings (SSSR count). The predicted molar refractivity (Wildman–Crippen MR) is 86.6 cm³/mol. The summed E-state index contributed by atoms with van der Waals surface area (Å²) in [6, 6.07) is 0. The molecule has 2 atom stereocenters. The predicted octanol–water partition coefficient (Wildman–Crippen LogP) is 2.89. The molecule has 0 spiro atoms. The summed E-state index contributed by atoms with van der Waals surface area (Å²) in [4.78, 5) is 16.1. The normalized spacial score (nSPS) is 23.4. The summed E-state index contributed by atoms with van der Waals surface area (Å²) in [6.45, 7) is 4.52. The maximum Gasteiger partial charge on any atom is 0.220 e. The third kappa shape index (κ3) is 3.02. The van der Waals surface area contributed by atoms with Gasteiger partial charge in [-0.15, -0.1) is 11.3 Å². The molecule has 1 fully saturated rings. The first kappa shape index (κ1) is 14.7. The SMILES string of the molecule is CC1CN(C)CC[C@H]1c1ncc(-c2nc(N)ncc2Cl)s1. The van der Waals surface area contributed by atoms with E-state index in [0.29, 0.717) is 22.6 Å². The number of piperidine rings is 1. The van der Waals surface area contributed by atoms with Crippen molar-refractivity contribution in [3.8, 4) is 10.6 Å². The number of rotatable bonds is 2. The van der Waals surface area contributed by atoms with Crippen molar-refractivity contribution in [2.75, 3.05) is 25.9 Å². The van der Waals surface area contributed by atoms with Gasteiger partial charge in [0.2, 0.25) is 5.95 Å². The summed E-state index contributed by atoms with van der Waals surface area (Å²) < 4.78 is 0. The van der Waals surface area contributed by atoms with Crippen LogP contribution in [0.25, 0.3) is 10.6 Å². The molecule has 0 aromatic carbocycles. The number of halogens is 1. The Bertz CT molecular complexity index is 644. The molecule has 1 aliphatic rings. The highest BCUT2D eigenvalue weighted by molar-refractivity contribution is 7.15. The standard InChI is InChI=1S/C14H18ClN5S/c1-8-7-20(2)4-3-9(8)13-17-6-11(21-13)12-10(15)5-18-14(16)19-12/h5-6,8-9H,3-4,7H2,1-2H3,(H2,16,18,19)/t8?,9-/m1/s1. The van der Waals surface area contributed by atoms with Gasteiger partial charge in [0, 0.05) is 18.7 Å². The molecule has 0 amide bonds. The topological polar surface area (TPSA) is 67.9 Å². The quantitative estimate of drug-likeness (QED) is 0.920. The number of nitrogens with zero attached hydrogens (tertiary/aromatic N) is 4. The molecule has 1 unspecified atom stereocenters. The maximum absolute atomic E-state index is 6.17. The summed E-state index contributed by atoms with van der Waals surface area (Å²) in [5.41, 5.74) is 6.32. The molecule has 21 heavy (non-hydrogen) atoms. The maximum atomic E-state index is 6.17. The molecule has 0 aliphatic carbocycles. The van der Waals surface area contributed by atoms with E-state index in [1.54, 1.807) is 11.3 Å². The number of nitrogens with two attached hydrogens (primary N) is 1. The Kier molecular flexibility index (Phi) is 4.10. The van der Waals surface area contributed by atoms with Crippen LogP contribution < -0.4 is 5.73 Å². The lowest BCUT2D eigenvalue weighted by atomic mass is 9.88. The van der Waals surface area contributed by atoms with Gasteiger partial charge in [0.05, 0.1) is 21.1 Å². The van der Waals surface area contributed by atoms with E-state index in [-0.39, 0.29) is 5.95 Å². The fourth-order valence-electron chi connectivity index (χ4n) is 2.84. The summed E-state index contributed by atoms with van der Waals surface area (Å²) in [7, 11) is 2.17. The van der Waals surface area contributed by atoms with Crippen molar-refractivity contribution in [3.63, 3.8) is 0 Å². The number of thiazole rings is 1. The minimum absolute atomic E-state index is 0.233. The molecular weight excluding hydrogens is 306 g/mol. The van der Waals surface area contributed by atoms with Crippen LogP contribution in [0.3, 0.4) is 0 Å². The molecule has 2 aromatic rings. The van der Waals surface area contributed by atoms with Crippen LogP contribution in [0.2, 0.25) is 5.02 Å². The molecule has 1 saturated heterocycles. The van der Waals surface area contributed by atoms with E-state index >= 15 is 0 Å². The molecule has 112 valence electrons. The molecule has 0 bridgehead atoms. The van der Waals surface area contributed by atoms with Crippen LogP contribution in [0.4, 0.5) is 5.95 Å². The summed E-state index contributed by atoms with van der Waals surface area (Å²) in [6.07, 6.45) is 4.53. The molecule has 2 N–H and O–H groups in total. The lowest BCUT2D eigenvalue weighted by Crippen LogP contribution is -2.35. The Morgan fingerprint density at radius 3 is 2.95 bits per heavy atom. The van der Waals surface area contributed by atoms with E-state index in [4.69, 9.17) is 17.3 Å². The van der Waals surface area contributed by atoms with Crippen molar-refractivity contribution in [1.82, 2.24) is 19.9 Å². The Hall–Kier alpha value is -1.24. The second kappa shape index (κ2) is 5.87. The van der Waals surface area contributed by atoms with E-state index in [9.17, 15) is 0 Å². The third-order valence-electron chi connectivity index (χ3n) is 3.95. The van der Waals surface area contributed by atoms with Crippen molar-refractivity contribution in [1.29, 1.82) is 0 Å². The number of aromatic nitrogens is 3. The number of nitrogen functional groups attached to an aromatic ring is 1. The van der Waals surface area contributed by atoms with Gasteiger partial charge in [0.15, 0.2) is 0 Å². The smallest absolute Gasteiger partial charge is 0.220 e. The Morgan fingerprint density at radius 1 is 1.38 bits per heavy atom. The van der Waals surface area contributed by atoms with Crippen molar-refractivity contribution in [3.05, 3.63) is 22.4 Å². The van der Waals surface area contributed by atoms with Crippen LogP contribution in [-0.4, -0.2) is 40.0 Å². The minimum Gasteiger partial charge on any atom is -0.368 e. The molecule has 3 heterocycles. The van der Waals surface area contributed by atoms with Crippen LogP contribution in [0.1, 0.15) is 24.3 Å². The van der Waals surface area contributed by atoms with Gasteiger partial charge in [0.1, 0.15) is 5.69 Å². The number of anilines is 1. The van der Waals surface area contributed by atoms with Gasteiger partial charge in [-0.1, -0.05) is 18.5 Å². The summed E-state index contributed by atoms with van der Waals surface area (Å²) >= 11 is 7.83. The van der Waals surface area contributed by atoms with Crippen LogP contribution in [-0.2, 0) is 0 Å². The number of hydrogen-bond acceptors (Lipinski definition) is 6. The molecule has 2 aromatic heterocycles. The van der Waals surface area contributed by atoms with Gasteiger partial charge in [-0.3, -0.25) is 0 Å². The Morgan fingerprint density at radius 2 is 2.19 bits per heavy atom. The van der Waals surface area contributed by atoms with Crippen LogP contribution in [0.15, 0.2) is 12.4 Å². The van der Waals surface area contributed by atoms with E-state index in [1.165, 1.54) is 11.2 Å². The van der Waals surface area contributed by atoms with E-state index in [0.717, 1.165) is 24.4 Å². The lowest BCUT2D eigenvalue weighted by Gasteiger charge is -2.33. The van der Waals surface area contributed by atoms with Gasteiger partial charge in [-0.25, -0.2) is 15.0 Å². The monoisotopic (exact) mass is 323 g/mol. The fraction of sp³-hybridized carbons (Fsp3) is 0.500. The lowest BCUT2D eigenvalue weighted by molar-refractivity contribution is 0.195. The second-order valence-electron chi connectivity index (χ2n) is 5.62. The van der Waals surface area contributed by atoms with Crippen molar-refractivity contribution < 1.29 is 0 Å². The van der Waals surface area contributed by atoms with E-state index < -0.39 is 0 Å². The third-order valence-corrected chi connectivity index (χ3v) is 5.36. The molecule has 1 aliphatic heterocycles. The largest absolute Gasteiger partial charge is 0.368 e. The van der Waals surface area contributed by atoms with Gasteiger partial charge < -0.3 is 10.6 Å².